The minimum atomic E-state index is 0.603. The SMILES string of the molecule is c1ccc(-c2cccc(Oc3cc(Oc4cccc(-c5ccccc5)c4)cc(Oc4cccc(-c5ccccc5)c4)c3)c2)cc1. The third-order valence-corrected chi connectivity index (χ3v) is 7.38. The van der Waals surface area contributed by atoms with Gasteiger partial charge in [-0.05, 0) is 69.8 Å². The summed E-state index contributed by atoms with van der Waals surface area (Å²) in [5.41, 5.74) is 6.61. The smallest absolute Gasteiger partial charge is 0.134 e. The van der Waals surface area contributed by atoms with Crippen LogP contribution in [0, 0.1) is 0 Å². The Morgan fingerprint density at radius 3 is 0.756 bits per heavy atom. The quantitative estimate of drug-likeness (QED) is 0.169. The van der Waals surface area contributed by atoms with Gasteiger partial charge in [0, 0.05) is 18.2 Å². The zero-order valence-corrected chi connectivity index (χ0v) is 24.5. The minimum absolute atomic E-state index is 0.603. The van der Waals surface area contributed by atoms with E-state index in [-0.39, 0.29) is 0 Å². The Kier molecular flexibility index (Phi) is 8.06. The molecule has 3 heteroatoms. The Morgan fingerprint density at radius 1 is 0.200 bits per heavy atom. The summed E-state index contributed by atoms with van der Waals surface area (Å²) in [6.07, 6.45) is 0. The predicted octanol–water partition coefficient (Wildman–Crippen LogP) is 12.1. The lowest BCUT2D eigenvalue weighted by Gasteiger charge is -2.14. The second-order valence-corrected chi connectivity index (χ2v) is 10.6. The molecule has 216 valence electrons. The molecular formula is C42H30O3. The summed E-state index contributed by atoms with van der Waals surface area (Å²) in [4.78, 5) is 0. The van der Waals surface area contributed by atoms with Crippen LogP contribution >= 0.6 is 0 Å². The highest BCUT2D eigenvalue weighted by molar-refractivity contribution is 5.67. The summed E-state index contributed by atoms with van der Waals surface area (Å²) in [6, 6.07) is 60.7. The monoisotopic (exact) mass is 582 g/mol. The van der Waals surface area contributed by atoms with Crippen LogP contribution in [0.2, 0.25) is 0 Å². The number of hydrogen-bond acceptors (Lipinski definition) is 3. The van der Waals surface area contributed by atoms with Crippen molar-refractivity contribution in [3.8, 4) is 67.9 Å². The van der Waals surface area contributed by atoms with Gasteiger partial charge in [0.25, 0.3) is 0 Å². The molecule has 0 bridgehead atoms. The van der Waals surface area contributed by atoms with Crippen molar-refractivity contribution in [3.05, 3.63) is 182 Å². The third-order valence-electron chi connectivity index (χ3n) is 7.38. The van der Waals surface area contributed by atoms with E-state index in [0.717, 1.165) is 50.6 Å². The Bertz CT molecular complexity index is 1770. The zero-order valence-electron chi connectivity index (χ0n) is 24.5. The minimum Gasteiger partial charge on any atom is -0.457 e. The highest BCUT2D eigenvalue weighted by Crippen LogP contribution is 2.37. The molecule has 0 atom stereocenters. The molecule has 7 rings (SSSR count). The van der Waals surface area contributed by atoms with Crippen molar-refractivity contribution < 1.29 is 14.2 Å². The molecule has 0 amide bonds. The van der Waals surface area contributed by atoms with Crippen LogP contribution in [-0.2, 0) is 0 Å². The molecule has 7 aromatic rings. The average molecular weight is 583 g/mol. The van der Waals surface area contributed by atoms with Crippen molar-refractivity contribution in [2.45, 2.75) is 0 Å². The van der Waals surface area contributed by atoms with E-state index in [0.29, 0.717) is 17.2 Å². The Labute approximate surface area is 263 Å². The number of rotatable bonds is 9. The fraction of sp³-hybridized carbons (Fsp3) is 0. The first-order valence-corrected chi connectivity index (χ1v) is 14.9. The maximum atomic E-state index is 6.42. The fourth-order valence-electron chi connectivity index (χ4n) is 5.24. The molecule has 0 saturated heterocycles. The van der Waals surface area contributed by atoms with Crippen molar-refractivity contribution in [2.75, 3.05) is 0 Å². The summed E-state index contributed by atoms with van der Waals surface area (Å²) in [6.45, 7) is 0. The van der Waals surface area contributed by atoms with Gasteiger partial charge in [-0.2, -0.15) is 0 Å². The van der Waals surface area contributed by atoms with Gasteiger partial charge in [0.1, 0.15) is 34.5 Å². The molecule has 45 heavy (non-hydrogen) atoms. The lowest BCUT2D eigenvalue weighted by atomic mass is 10.1. The second kappa shape index (κ2) is 13.1. The van der Waals surface area contributed by atoms with Gasteiger partial charge in [-0.1, -0.05) is 127 Å². The van der Waals surface area contributed by atoms with Gasteiger partial charge in [0.05, 0.1) is 0 Å². The zero-order chi connectivity index (χ0) is 30.3. The summed E-state index contributed by atoms with van der Waals surface area (Å²) in [7, 11) is 0. The highest BCUT2D eigenvalue weighted by atomic mass is 16.5. The van der Waals surface area contributed by atoms with E-state index < -0.39 is 0 Å². The van der Waals surface area contributed by atoms with E-state index in [1.165, 1.54) is 0 Å². The topological polar surface area (TPSA) is 27.7 Å². The molecule has 7 aromatic carbocycles. The Hall–Kier alpha value is -6.06. The molecule has 0 heterocycles. The van der Waals surface area contributed by atoms with Gasteiger partial charge in [-0.15, -0.1) is 0 Å². The number of hydrogen-bond donors (Lipinski definition) is 0. The molecule has 3 nitrogen and oxygen atoms in total. The Morgan fingerprint density at radius 2 is 0.467 bits per heavy atom. The number of ether oxygens (including phenoxy) is 3. The van der Waals surface area contributed by atoms with Crippen molar-refractivity contribution in [2.24, 2.45) is 0 Å². The van der Waals surface area contributed by atoms with Gasteiger partial charge < -0.3 is 14.2 Å². The summed E-state index contributed by atoms with van der Waals surface area (Å²) < 4.78 is 19.3. The highest BCUT2D eigenvalue weighted by Gasteiger charge is 2.11. The van der Waals surface area contributed by atoms with Crippen molar-refractivity contribution in [1.82, 2.24) is 0 Å². The molecule has 0 radical (unpaired) electrons. The van der Waals surface area contributed by atoms with Crippen LogP contribution < -0.4 is 14.2 Å². The van der Waals surface area contributed by atoms with E-state index in [2.05, 4.69) is 54.6 Å². The first-order valence-electron chi connectivity index (χ1n) is 14.9. The van der Waals surface area contributed by atoms with E-state index in [1.54, 1.807) is 0 Å². The maximum Gasteiger partial charge on any atom is 0.134 e. The van der Waals surface area contributed by atoms with E-state index in [1.807, 2.05) is 127 Å². The lowest BCUT2D eigenvalue weighted by molar-refractivity contribution is 0.440. The van der Waals surface area contributed by atoms with Crippen LogP contribution in [-0.4, -0.2) is 0 Å². The molecule has 0 saturated carbocycles. The molecule has 0 N–H and O–H groups in total. The third kappa shape index (κ3) is 6.96. The first kappa shape index (κ1) is 27.8. The Balaban J connectivity index is 1.21. The van der Waals surface area contributed by atoms with Gasteiger partial charge in [-0.25, -0.2) is 0 Å². The maximum absolute atomic E-state index is 6.42. The second-order valence-electron chi connectivity index (χ2n) is 10.6. The van der Waals surface area contributed by atoms with Gasteiger partial charge in [0.2, 0.25) is 0 Å². The van der Waals surface area contributed by atoms with Crippen molar-refractivity contribution in [1.29, 1.82) is 0 Å². The molecule has 0 unspecified atom stereocenters. The first-order chi connectivity index (χ1) is 22.2. The molecule has 0 aliphatic heterocycles. The predicted molar refractivity (Wildman–Crippen MR) is 182 cm³/mol. The van der Waals surface area contributed by atoms with Gasteiger partial charge >= 0.3 is 0 Å². The average Bonchev–Trinajstić information content (AvgIpc) is 3.10. The summed E-state index contributed by atoms with van der Waals surface area (Å²) >= 11 is 0. The summed E-state index contributed by atoms with van der Waals surface area (Å²) in [5, 5.41) is 0. The van der Waals surface area contributed by atoms with Crippen LogP contribution in [0.3, 0.4) is 0 Å². The molecule has 0 spiro atoms. The normalized spacial score (nSPS) is 10.7. The van der Waals surface area contributed by atoms with E-state index in [9.17, 15) is 0 Å². The molecule has 0 aliphatic rings. The van der Waals surface area contributed by atoms with Gasteiger partial charge in [-0.3, -0.25) is 0 Å². The van der Waals surface area contributed by atoms with Crippen molar-refractivity contribution in [3.63, 3.8) is 0 Å². The molecular weight excluding hydrogens is 552 g/mol. The van der Waals surface area contributed by atoms with E-state index >= 15 is 0 Å². The lowest BCUT2D eigenvalue weighted by Crippen LogP contribution is -1.92. The standard InChI is InChI=1S/C42H30O3/c1-4-13-31(14-5-1)34-19-10-22-37(25-34)43-40-28-41(44-38-23-11-20-35(26-38)32-15-6-2-7-16-32)30-42(29-40)45-39-24-12-21-36(27-39)33-17-8-3-9-18-33/h1-30H. The molecule has 0 fully saturated rings. The number of benzene rings is 7. The van der Waals surface area contributed by atoms with Crippen LogP contribution in [0.4, 0.5) is 0 Å². The van der Waals surface area contributed by atoms with Crippen LogP contribution in [0.25, 0.3) is 33.4 Å². The fourth-order valence-corrected chi connectivity index (χ4v) is 5.24. The van der Waals surface area contributed by atoms with Crippen LogP contribution in [0.1, 0.15) is 0 Å². The largest absolute Gasteiger partial charge is 0.457 e. The van der Waals surface area contributed by atoms with Crippen LogP contribution in [0.15, 0.2) is 182 Å². The van der Waals surface area contributed by atoms with E-state index in [4.69, 9.17) is 14.2 Å². The molecule has 0 aliphatic carbocycles. The van der Waals surface area contributed by atoms with Gasteiger partial charge in [0.15, 0.2) is 0 Å². The summed E-state index contributed by atoms with van der Waals surface area (Å²) in [5.74, 6) is 3.97. The van der Waals surface area contributed by atoms with Crippen LogP contribution in [0.5, 0.6) is 34.5 Å². The van der Waals surface area contributed by atoms with Crippen molar-refractivity contribution >= 4 is 0 Å². The molecule has 0 aromatic heterocycles.